The molecule has 3 heteroatoms. The van der Waals surface area contributed by atoms with E-state index in [1.54, 1.807) is 7.11 Å². The fraction of sp³-hybridized carbons (Fsp3) is 1.00. The predicted molar refractivity (Wildman–Crippen MR) is 59.7 cm³/mol. The van der Waals surface area contributed by atoms with Gasteiger partial charge in [0.25, 0.3) is 0 Å². The monoisotopic (exact) mass is 213 g/mol. The van der Waals surface area contributed by atoms with Crippen molar-refractivity contribution in [3.05, 3.63) is 0 Å². The molecule has 5 unspecified atom stereocenters. The molecule has 2 aliphatic carbocycles. The molecule has 0 aromatic heterocycles. The highest BCUT2D eigenvalue weighted by atomic mass is 16.5. The van der Waals surface area contributed by atoms with Gasteiger partial charge >= 0.3 is 0 Å². The van der Waals surface area contributed by atoms with Gasteiger partial charge < -0.3 is 15.2 Å². The molecular weight excluding hydrogens is 190 g/mol. The highest BCUT2D eigenvalue weighted by Gasteiger charge is 2.41. The van der Waals surface area contributed by atoms with Crippen molar-refractivity contribution in [1.82, 2.24) is 0 Å². The Morgan fingerprint density at radius 2 is 2.00 bits per heavy atom. The molecule has 0 amide bonds. The Labute approximate surface area is 92.3 Å². The molecular formula is C12H23NO2. The Hall–Kier alpha value is -0.120. The van der Waals surface area contributed by atoms with Crippen molar-refractivity contribution in [2.45, 2.75) is 63.4 Å². The maximum absolute atomic E-state index is 6.07. The third-order valence-corrected chi connectivity index (χ3v) is 3.82. The van der Waals surface area contributed by atoms with Crippen molar-refractivity contribution >= 4 is 0 Å². The van der Waals surface area contributed by atoms with Gasteiger partial charge in [0.2, 0.25) is 0 Å². The lowest BCUT2D eigenvalue weighted by atomic mass is 9.84. The first-order chi connectivity index (χ1) is 7.20. The molecule has 0 aromatic rings. The second-order valence-corrected chi connectivity index (χ2v) is 5.17. The zero-order valence-corrected chi connectivity index (χ0v) is 9.82. The van der Waals surface area contributed by atoms with Crippen LogP contribution in [0.4, 0.5) is 0 Å². The Morgan fingerprint density at radius 1 is 1.20 bits per heavy atom. The summed E-state index contributed by atoms with van der Waals surface area (Å²) >= 11 is 0. The van der Waals surface area contributed by atoms with Gasteiger partial charge in [0.05, 0.1) is 18.3 Å². The molecule has 0 saturated heterocycles. The van der Waals surface area contributed by atoms with Gasteiger partial charge in [-0.05, 0) is 25.2 Å². The average molecular weight is 213 g/mol. The van der Waals surface area contributed by atoms with Crippen LogP contribution < -0.4 is 5.73 Å². The number of methoxy groups -OCH3 is 1. The molecule has 0 radical (unpaired) electrons. The van der Waals surface area contributed by atoms with Crippen molar-refractivity contribution in [2.75, 3.05) is 7.11 Å². The summed E-state index contributed by atoms with van der Waals surface area (Å²) in [4.78, 5) is 0. The molecule has 15 heavy (non-hydrogen) atoms. The molecule has 2 N–H and O–H groups in total. The van der Waals surface area contributed by atoms with E-state index >= 15 is 0 Å². The van der Waals surface area contributed by atoms with Gasteiger partial charge in [-0.25, -0.2) is 0 Å². The van der Waals surface area contributed by atoms with E-state index in [2.05, 4.69) is 6.92 Å². The van der Waals surface area contributed by atoms with Crippen LogP contribution in [0.2, 0.25) is 0 Å². The van der Waals surface area contributed by atoms with Crippen LogP contribution in [-0.4, -0.2) is 31.5 Å². The maximum atomic E-state index is 6.07. The highest BCUT2D eigenvalue weighted by molar-refractivity contribution is 4.95. The van der Waals surface area contributed by atoms with Gasteiger partial charge in [0.1, 0.15) is 0 Å². The first-order valence-electron chi connectivity index (χ1n) is 6.14. The maximum Gasteiger partial charge on any atom is 0.0984 e. The molecule has 0 heterocycles. The normalized spacial score (nSPS) is 46.2. The van der Waals surface area contributed by atoms with Gasteiger partial charge in [-0.15, -0.1) is 0 Å². The fourth-order valence-corrected chi connectivity index (χ4v) is 2.83. The summed E-state index contributed by atoms with van der Waals surface area (Å²) in [5.74, 6) is 0.818. The van der Waals surface area contributed by atoms with Crippen LogP contribution in [0.15, 0.2) is 0 Å². The van der Waals surface area contributed by atoms with E-state index in [9.17, 15) is 0 Å². The third kappa shape index (κ3) is 2.52. The molecule has 0 aliphatic heterocycles. The van der Waals surface area contributed by atoms with E-state index in [4.69, 9.17) is 15.2 Å². The van der Waals surface area contributed by atoms with E-state index in [0.717, 1.165) is 12.3 Å². The average Bonchev–Trinajstić information content (AvgIpc) is 2.17. The summed E-state index contributed by atoms with van der Waals surface area (Å²) in [5.41, 5.74) is 5.85. The minimum absolute atomic E-state index is 0.127. The molecule has 0 bridgehead atoms. The Bertz CT molecular complexity index is 208. The molecule has 5 atom stereocenters. The Kier molecular flexibility index (Phi) is 3.65. The highest BCUT2D eigenvalue weighted by Crippen LogP contribution is 2.32. The first-order valence-corrected chi connectivity index (χ1v) is 6.14. The summed E-state index contributed by atoms with van der Waals surface area (Å²) in [6, 6.07) is 0.181. The van der Waals surface area contributed by atoms with Crippen LogP contribution >= 0.6 is 0 Å². The zero-order valence-electron chi connectivity index (χ0n) is 9.82. The number of rotatable bonds is 3. The number of hydrogen-bond acceptors (Lipinski definition) is 3. The predicted octanol–water partition coefficient (Wildman–Crippen LogP) is 1.70. The largest absolute Gasteiger partial charge is 0.377 e. The fourth-order valence-electron chi connectivity index (χ4n) is 2.83. The molecule has 88 valence electrons. The van der Waals surface area contributed by atoms with E-state index in [1.807, 2.05) is 0 Å². The van der Waals surface area contributed by atoms with Crippen LogP contribution in [0.3, 0.4) is 0 Å². The summed E-state index contributed by atoms with van der Waals surface area (Å²) in [7, 11) is 1.73. The molecule has 2 aliphatic rings. The van der Waals surface area contributed by atoms with E-state index < -0.39 is 0 Å². The number of nitrogens with two attached hydrogens (primary N) is 1. The summed E-state index contributed by atoms with van der Waals surface area (Å²) in [6.45, 7) is 2.32. The third-order valence-electron chi connectivity index (χ3n) is 3.82. The minimum Gasteiger partial charge on any atom is -0.377 e. The van der Waals surface area contributed by atoms with Crippen LogP contribution in [0.25, 0.3) is 0 Å². The van der Waals surface area contributed by atoms with E-state index in [1.165, 1.54) is 25.7 Å². The lowest BCUT2D eigenvalue weighted by Crippen LogP contribution is -2.58. The second kappa shape index (κ2) is 4.81. The standard InChI is InChI=1S/C12H23NO2/c1-8-4-3-5-9(6-8)15-11-7-10(13)12(11)14-2/h8-12H,3-7,13H2,1-2H3. The van der Waals surface area contributed by atoms with Gasteiger partial charge in [-0.3, -0.25) is 0 Å². The zero-order chi connectivity index (χ0) is 10.8. The van der Waals surface area contributed by atoms with Crippen molar-refractivity contribution in [2.24, 2.45) is 11.7 Å². The molecule has 0 aromatic carbocycles. The van der Waals surface area contributed by atoms with Crippen molar-refractivity contribution in [1.29, 1.82) is 0 Å². The topological polar surface area (TPSA) is 44.5 Å². The van der Waals surface area contributed by atoms with Crippen molar-refractivity contribution < 1.29 is 9.47 Å². The molecule has 2 saturated carbocycles. The number of hydrogen-bond donors (Lipinski definition) is 1. The van der Waals surface area contributed by atoms with Crippen molar-refractivity contribution in [3.8, 4) is 0 Å². The quantitative estimate of drug-likeness (QED) is 0.776. The molecule has 2 rings (SSSR count). The summed E-state index contributed by atoms with van der Waals surface area (Å²) in [6.07, 6.45) is 6.88. The molecule has 2 fully saturated rings. The minimum atomic E-state index is 0.127. The molecule has 0 spiro atoms. The van der Waals surface area contributed by atoms with Crippen LogP contribution in [0.1, 0.15) is 39.0 Å². The van der Waals surface area contributed by atoms with Crippen LogP contribution in [-0.2, 0) is 9.47 Å². The lowest BCUT2D eigenvalue weighted by molar-refractivity contribution is -0.158. The van der Waals surface area contributed by atoms with Crippen LogP contribution in [0, 0.1) is 5.92 Å². The van der Waals surface area contributed by atoms with Crippen LogP contribution in [0.5, 0.6) is 0 Å². The molecule has 3 nitrogen and oxygen atoms in total. The van der Waals surface area contributed by atoms with E-state index in [-0.39, 0.29) is 18.2 Å². The first kappa shape index (κ1) is 11.4. The summed E-state index contributed by atoms with van der Waals surface area (Å²) < 4.78 is 11.4. The van der Waals surface area contributed by atoms with Gasteiger partial charge in [-0.1, -0.05) is 19.8 Å². The smallest absolute Gasteiger partial charge is 0.0984 e. The lowest BCUT2D eigenvalue weighted by Gasteiger charge is -2.43. The van der Waals surface area contributed by atoms with Gasteiger partial charge in [0.15, 0.2) is 0 Å². The van der Waals surface area contributed by atoms with Crippen molar-refractivity contribution in [3.63, 3.8) is 0 Å². The SMILES string of the molecule is COC1C(N)CC1OC1CCCC(C)C1. The van der Waals surface area contributed by atoms with E-state index in [0.29, 0.717) is 6.10 Å². The Balaban J connectivity index is 1.77. The summed E-state index contributed by atoms with van der Waals surface area (Å²) in [5, 5.41) is 0. The van der Waals surface area contributed by atoms with Gasteiger partial charge in [-0.2, -0.15) is 0 Å². The van der Waals surface area contributed by atoms with Gasteiger partial charge in [0, 0.05) is 13.2 Å². The Morgan fingerprint density at radius 3 is 2.60 bits per heavy atom. The number of ether oxygens (including phenoxy) is 2. The second-order valence-electron chi connectivity index (χ2n) is 5.17.